The number of nitrogens with zero attached hydrogens (tertiary/aromatic N) is 2. The molecule has 3 nitrogen and oxygen atoms in total. The first kappa shape index (κ1) is 13.8. The fraction of sp³-hybridized carbons (Fsp3) is 0.150. The zero-order valence-corrected chi connectivity index (χ0v) is 13.2. The lowest BCUT2D eigenvalue weighted by atomic mass is 10.2. The van der Waals surface area contributed by atoms with Gasteiger partial charge in [-0.3, -0.25) is 0 Å². The second-order valence-electron chi connectivity index (χ2n) is 5.87. The number of nitrogens with one attached hydrogen (secondary N) is 1. The first-order valence-corrected chi connectivity index (χ1v) is 7.94. The van der Waals surface area contributed by atoms with Gasteiger partial charge < -0.3 is 9.55 Å². The fourth-order valence-electron chi connectivity index (χ4n) is 3.07. The Bertz CT molecular complexity index is 899. The van der Waals surface area contributed by atoms with E-state index in [0.29, 0.717) is 0 Å². The van der Waals surface area contributed by atoms with E-state index in [1.54, 1.807) is 0 Å². The van der Waals surface area contributed by atoms with Gasteiger partial charge in [-0.25, -0.2) is 4.98 Å². The lowest BCUT2D eigenvalue weighted by Crippen LogP contribution is -2.02. The molecule has 4 aromatic rings. The summed E-state index contributed by atoms with van der Waals surface area (Å²) in [5.74, 6) is 1.11. The van der Waals surface area contributed by atoms with Crippen LogP contribution in [-0.4, -0.2) is 14.5 Å². The second kappa shape index (κ2) is 5.76. The molecule has 2 heterocycles. The molecule has 0 aliphatic carbocycles. The third-order valence-electron chi connectivity index (χ3n) is 4.36. The van der Waals surface area contributed by atoms with E-state index in [-0.39, 0.29) is 0 Å². The Kier molecular flexibility index (Phi) is 3.46. The minimum Gasteiger partial charge on any atom is -0.358 e. The zero-order valence-electron chi connectivity index (χ0n) is 13.2. The summed E-state index contributed by atoms with van der Waals surface area (Å²) in [6.45, 7) is 0. The quantitative estimate of drug-likeness (QED) is 0.597. The monoisotopic (exact) mass is 301 g/mol. The van der Waals surface area contributed by atoms with Crippen molar-refractivity contribution in [1.29, 1.82) is 0 Å². The van der Waals surface area contributed by atoms with E-state index in [4.69, 9.17) is 0 Å². The molecule has 2 aromatic heterocycles. The topological polar surface area (TPSA) is 33.6 Å². The van der Waals surface area contributed by atoms with Crippen molar-refractivity contribution in [3.63, 3.8) is 0 Å². The first-order valence-electron chi connectivity index (χ1n) is 7.94. The molecule has 0 saturated carbocycles. The van der Waals surface area contributed by atoms with Crippen LogP contribution < -0.4 is 0 Å². The Morgan fingerprint density at radius 3 is 2.57 bits per heavy atom. The third kappa shape index (κ3) is 2.66. The Morgan fingerprint density at radius 1 is 0.957 bits per heavy atom. The van der Waals surface area contributed by atoms with E-state index in [1.807, 2.05) is 12.3 Å². The number of imidazole rings is 1. The van der Waals surface area contributed by atoms with Crippen LogP contribution in [0.15, 0.2) is 66.9 Å². The van der Waals surface area contributed by atoms with E-state index in [0.717, 1.165) is 24.4 Å². The number of hydrogen-bond acceptors (Lipinski definition) is 1. The SMILES string of the molecule is Cn1c(-c2ccccc2)cnc1CCc1cc2ccccc2[nH]1. The zero-order chi connectivity index (χ0) is 15.6. The van der Waals surface area contributed by atoms with E-state index in [2.05, 4.69) is 76.2 Å². The number of rotatable bonds is 4. The Labute approximate surface area is 135 Å². The van der Waals surface area contributed by atoms with Crippen molar-refractivity contribution in [2.45, 2.75) is 12.8 Å². The summed E-state index contributed by atoms with van der Waals surface area (Å²) < 4.78 is 2.19. The van der Waals surface area contributed by atoms with E-state index in [1.165, 1.54) is 22.2 Å². The predicted molar refractivity (Wildman–Crippen MR) is 94.4 cm³/mol. The highest BCUT2D eigenvalue weighted by molar-refractivity contribution is 5.80. The van der Waals surface area contributed by atoms with Crippen LogP contribution in [0, 0.1) is 0 Å². The minimum absolute atomic E-state index is 0.927. The Balaban J connectivity index is 1.54. The van der Waals surface area contributed by atoms with Crippen LogP contribution in [0.25, 0.3) is 22.2 Å². The van der Waals surface area contributed by atoms with Gasteiger partial charge in [0.15, 0.2) is 0 Å². The normalized spacial score (nSPS) is 11.2. The maximum atomic E-state index is 4.61. The molecule has 3 heteroatoms. The van der Waals surface area contributed by atoms with Gasteiger partial charge in [-0.2, -0.15) is 0 Å². The van der Waals surface area contributed by atoms with Crippen molar-refractivity contribution in [1.82, 2.24) is 14.5 Å². The van der Waals surface area contributed by atoms with Crippen LogP contribution in [0.1, 0.15) is 11.5 Å². The van der Waals surface area contributed by atoms with Crippen LogP contribution in [0.3, 0.4) is 0 Å². The molecule has 23 heavy (non-hydrogen) atoms. The lowest BCUT2D eigenvalue weighted by molar-refractivity contribution is 0.769. The summed E-state index contributed by atoms with van der Waals surface area (Å²) in [5, 5.41) is 1.27. The highest BCUT2D eigenvalue weighted by Crippen LogP contribution is 2.21. The lowest BCUT2D eigenvalue weighted by Gasteiger charge is -2.05. The van der Waals surface area contributed by atoms with Gasteiger partial charge in [0.2, 0.25) is 0 Å². The number of aromatic amines is 1. The summed E-state index contributed by atoms with van der Waals surface area (Å²) in [7, 11) is 2.09. The maximum Gasteiger partial charge on any atom is 0.109 e. The number of aryl methyl sites for hydroxylation is 2. The van der Waals surface area contributed by atoms with Gasteiger partial charge in [0.25, 0.3) is 0 Å². The summed E-state index contributed by atoms with van der Waals surface area (Å²) in [4.78, 5) is 8.10. The third-order valence-corrected chi connectivity index (χ3v) is 4.36. The van der Waals surface area contributed by atoms with Crippen molar-refractivity contribution in [2.75, 3.05) is 0 Å². The molecule has 0 bridgehead atoms. The molecule has 0 radical (unpaired) electrons. The molecule has 0 unspecified atom stereocenters. The van der Waals surface area contributed by atoms with Gasteiger partial charge in [-0.1, -0.05) is 48.5 Å². The average Bonchev–Trinajstić information content (AvgIpc) is 3.17. The van der Waals surface area contributed by atoms with Gasteiger partial charge >= 0.3 is 0 Å². The van der Waals surface area contributed by atoms with Crippen LogP contribution in [0.5, 0.6) is 0 Å². The molecule has 4 rings (SSSR count). The van der Waals surface area contributed by atoms with Crippen molar-refractivity contribution >= 4 is 10.9 Å². The smallest absolute Gasteiger partial charge is 0.109 e. The highest BCUT2D eigenvalue weighted by atomic mass is 15.1. The molecule has 0 saturated heterocycles. The molecule has 2 aromatic carbocycles. The van der Waals surface area contributed by atoms with Crippen LogP contribution >= 0.6 is 0 Å². The molecular weight excluding hydrogens is 282 g/mol. The van der Waals surface area contributed by atoms with Crippen molar-refractivity contribution < 1.29 is 0 Å². The summed E-state index contributed by atoms with van der Waals surface area (Å²) >= 11 is 0. The van der Waals surface area contributed by atoms with Crippen molar-refractivity contribution in [2.24, 2.45) is 7.05 Å². The van der Waals surface area contributed by atoms with Crippen molar-refractivity contribution in [3.8, 4) is 11.3 Å². The molecule has 1 N–H and O–H groups in total. The van der Waals surface area contributed by atoms with Gasteiger partial charge in [-0.05, 0) is 29.5 Å². The van der Waals surface area contributed by atoms with Crippen molar-refractivity contribution in [3.05, 3.63) is 78.4 Å². The predicted octanol–water partition coefficient (Wildman–Crippen LogP) is 4.35. The number of H-pyrrole nitrogens is 1. The van der Waals surface area contributed by atoms with Crippen LogP contribution in [-0.2, 0) is 19.9 Å². The molecule has 0 aliphatic rings. The summed E-state index contributed by atoms with van der Waals surface area (Å²) in [6.07, 6.45) is 3.86. The second-order valence-corrected chi connectivity index (χ2v) is 5.87. The van der Waals surface area contributed by atoms with E-state index in [9.17, 15) is 0 Å². The van der Waals surface area contributed by atoms with Gasteiger partial charge in [0.05, 0.1) is 11.9 Å². The van der Waals surface area contributed by atoms with Crippen LogP contribution in [0.2, 0.25) is 0 Å². The van der Waals surface area contributed by atoms with Gasteiger partial charge in [-0.15, -0.1) is 0 Å². The molecule has 0 atom stereocenters. The molecule has 114 valence electrons. The fourth-order valence-corrected chi connectivity index (χ4v) is 3.07. The molecule has 0 amide bonds. The molecule has 0 fully saturated rings. The van der Waals surface area contributed by atoms with Gasteiger partial charge in [0.1, 0.15) is 5.82 Å². The molecular formula is C20H19N3. The highest BCUT2D eigenvalue weighted by Gasteiger charge is 2.09. The largest absolute Gasteiger partial charge is 0.358 e. The Hall–Kier alpha value is -2.81. The summed E-state index contributed by atoms with van der Waals surface area (Å²) in [6, 6.07) is 21.0. The Morgan fingerprint density at radius 2 is 1.74 bits per heavy atom. The average molecular weight is 301 g/mol. The molecule has 0 spiro atoms. The van der Waals surface area contributed by atoms with Crippen LogP contribution in [0.4, 0.5) is 0 Å². The maximum absolute atomic E-state index is 4.61. The van der Waals surface area contributed by atoms with Gasteiger partial charge in [0, 0.05) is 24.7 Å². The standard InChI is InChI=1S/C20H19N3/c1-23-19(15-7-3-2-4-8-15)14-21-20(23)12-11-17-13-16-9-5-6-10-18(16)22-17/h2-10,13-14,22H,11-12H2,1H3. The number of benzene rings is 2. The number of hydrogen-bond donors (Lipinski definition) is 1. The minimum atomic E-state index is 0.927. The first-order chi connectivity index (χ1) is 11.3. The molecule has 0 aliphatic heterocycles. The number of para-hydroxylation sites is 1. The summed E-state index contributed by atoms with van der Waals surface area (Å²) in [5.41, 5.74) is 4.83. The number of aromatic nitrogens is 3. The van der Waals surface area contributed by atoms with E-state index >= 15 is 0 Å². The number of fused-ring (bicyclic) bond motifs is 1. The van der Waals surface area contributed by atoms with E-state index < -0.39 is 0 Å².